The van der Waals surface area contributed by atoms with Gasteiger partial charge in [-0.15, -0.1) is 0 Å². The highest BCUT2D eigenvalue weighted by atomic mass is 32.1. The average Bonchev–Trinajstić information content (AvgIpc) is 2.66. The third-order valence-electron chi connectivity index (χ3n) is 4.73. The van der Waals surface area contributed by atoms with Crippen LogP contribution in [0.4, 0.5) is 0 Å². The molecule has 6 heteroatoms. The van der Waals surface area contributed by atoms with Crippen LogP contribution in [0.1, 0.15) is 35.8 Å². The zero-order valence-corrected chi connectivity index (χ0v) is 15.8. The van der Waals surface area contributed by atoms with Gasteiger partial charge in [0.05, 0.1) is 16.9 Å². The summed E-state index contributed by atoms with van der Waals surface area (Å²) in [4.78, 5) is 30.1. The van der Waals surface area contributed by atoms with Crippen molar-refractivity contribution >= 4 is 29.0 Å². The van der Waals surface area contributed by atoms with Gasteiger partial charge in [0.2, 0.25) is 0 Å². The van der Waals surface area contributed by atoms with Crippen LogP contribution < -0.4 is 5.56 Å². The number of fused-ring (bicyclic) bond motifs is 1. The Kier molecular flexibility index (Phi) is 5.04. The lowest BCUT2D eigenvalue weighted by Gasteiger charge is -2.25. The van der Waals surface area contributed by atoms with E-state index in [4.69, 9.17) is 12.2 Å². The van der Waals surface area contributed by atoms with Gasteiger partial charge in [-0.05, 0) is 49.8 Å². The zero-order valence-electron chi connectivity index (χ0n) is 15.0. The predicted molar refractivity (Wildman–Crippen MR) is 106 cm³/mol. The lowest BCUT2D eigenvalue weighted by Crippen LogP contribution is -2.29. The summed E-state index contributed by atoms with van der Waals surface area (Å²) in [6, 6.07) is 14.9. The molecular formula is C20H21N3O2S. The van der Waals surface area contributed by atoms with Crippen LogP contribution in [-0.4, -0.2) is 27.4 Å². The standard InChI is InChI=1S/C20H21N3O2S/c1-4-23-19(25)16-11-10-15(12-17(16)21-20(23)26)18(24)22(3)13(2)14-8-6-5-7-9-14/h5-13H,4H2,1-3H3,(H,21,26)/t13-/m1/s1. The Morgan fingerprint density at radius 3 is 2.58 bits per heavy atom. The summed E-state index contributed by atoms with van der Waals surface area (Å²) in [5, 5.41) is 0.524. The smallest absolute Gasteiger partial charge is 0.262 e. The van der Waals surface area contributed by atoms with Crippen molar-refractivity contribution in [3.63, 3.8) is 0 Å². The quantitative estimate of drug-likeness (QED) is 0.711. The molecule has 0 aliphatic heterocycles. The minimum atomic E-state index is -0.142. The molecule has 0 aliphatic rings. The molecule has 5 nitrogen and oxygen atoms in total. The summed E-state index contributed by atoms with van der Waals surface area (Å²) in [7, 11) is 1.78. The van der Waals surface area contributed by atoms with Crippen LogP contribution in [0.3, 0.4) is 0 Å². The summed E-state index contributed by atoms with van der Waals surface area (Å²) >= 11 is 5.24. The number of nitrogens with one attached hydrogen (secondary N) is 1. The van der Waals surface area contributed by atoms with Gasteiger partial charge in [0.25, 0.3) is 11.5 Å². The van der Waals surface area contributed by atoms with Gasteiger partial charge in [-0.3, -0.25) is 14.2 Å². The number of hydrogen-bond donors (Lipinski definition) is 1. The van der Waals surface area contributed by atoms with Gasteiger partial charge >= 0.3 is 0 Å². The van der Waals surface area contributed by atoms with Crippen LogP contribution in [0.2, 0.25) is 0 Å². The third kappa shape index (κ3) is 3.20. The Bertz CT molecular complexity index is 1070. The van der Waals surface area contributed by atoms with Gasteiger partial charge in [-0.25, -0.2) is 0 Å². The summed E-state index contributed by atoms with van der Waals surface area (Å²) in [6.45, 7) is 4.36. The van der Waals surface area contributed by atoms with Crippen LogP contribution in [0.15, 0.2) is 53.3 Å². The first-order chi connectivity index (χ1) is 12.4. The number of H-pyrrole nitrogens is 1. The second-order valence-corrected chi connectivity index (χ2v) is 6.63. The number of aromatic nitrogens is 2. The molecule has 2 aromatic carbocycles. The fraction of sp³-hybridized carbons (Fsp3) is 0.250. The summed E-state index contributed by atoms with van der Waals surface area (Å²) < 4.78 is 1.86. The van der Waals surface area contributed by atoms with E-state index in [1.807, 2.05) is 44.2 Å². The van der Waals surface area contributed by atoms with E-state index in [1.54, 1.807) is 30.1 Å². The number of benzene rings is 2. The van der Waals surface area contributed by atoms with Crippen molar-refractivity contribution in [2.24, 2.45) is 0 Å². The highest BCUT2D eigenvalue weighted by Gasteiger charge is 2.19. The summed E-state index contributed by atoms with van der Waals surface area (Å²) in [6.07, 6.45) is 0. The van der Waals surface area contributed by atoms with Gasteiger partial charge in [-0.1, -0.05) is 30.3 Å². The average molecular weight is 367 g/mol. The molecule has 1 aromatic heterocycles. The van der Waals surface area contributed by atoms with Crippen molar-refractivity contribution in [2.45, 2.75) is 26.4 Å². The number of aromatic amines is 1. The normalized spacial score (nSPS) is 12.1. The van der Waals surface area contributed by atoms with Crippen molar-refractivity contribution in [1.82, 2.24) is 14.5 Å². The maximum Gasteiger partial charge on any atom is 0.262 e. The largest absolute Gasteiger partial charge is 0.335 e. The number of amides is 1. The Labute approximate surface area is 156 Å². The molecule has 0 radical (unpaired) electrons. The van der Waals surface area contributed by atoms with Gasteiger partial charge < -0.3 is 9.88 Å². The maximum absolute atomic E-state index is 12.9. The van der Waals surface area contributed by atoms with E-state index in [1.165, 1.54) is 4.57 Å². The lowest BCUT2D eigenvalue weighted by atomic mass is 10.1. The molecule has 0 fully saturated rings. The second-order valence-electron chi connectivity index (χ2n) is 6.24. The SMILES string of the molecule is CCn1c(=S)[nH]c2cc(C(=O)N(C)[C@H](C)c3ccccc3)ccc2c1=O. The van der Waals surface area contributed by atoms with Crippen molar-refractivity contribution in [3.8, 4) is 0 Å². The van der Waals surface area contributed by atoms with Gasteiger partial charge in [0.15, 0.2) is 4.77 Å². The fourth-order valence-electron chi connectivity index (χ4n) is 3.01. The number of carbonyl (C=O) groups is 1. The first-order valence-electron chi connectivity index (χ1n) is 8.53. The molecule has 0 saturated heterocycles. The molecule has 0 aliphatic carbocycles. The van der Waals surface area contributed by atoms with Gasteiger partial charge in [-0.2, -0.15) is 0 Å². The highest BCUT2D eigenvalue weighted by Crippen LogP contribution is 2.21. The Hall–Kier alpha value is -2.73. The van der Waals surface area contributed by atoms with Crippen LogP contribution in [0.5, 0.6) is 0 Å². The van der Waals surface area contributed by atoms with E-state index in [9.17, 15) is 9.59 Å². The number of hydrogen-bond acceptors (Lipinski definition) is 3. The molecule has 1 heterocycles. The molecule has 0 bridgehead atoms. The Morgan fingerprint density at radius 1 is 1.23 bits per heavy atom. The maximum atomic E-state index is 12.9. The topological polar surface area (TPSA) is 58.1 Å². The highest BCUT2D eigenvalue weighted by molar-refractivity contribution is 7.71. The minimum absolute atomic E-state index is 0.0639. The molecule has 1 N–H and O–H groups in total. The molecule has 1 atom stereocenters. The molecule has 3 rings (SSSR count). The number of rotatable bonds is 4. The lowest BCUT2D eigenvalue weighted by molar-refractivity contribution is 0.0743. The Balaban J connectivity index is 1.99. The van der Waals surface area contributed by atoms with Crippen molar-refractivity contribution in [3.05, 3.63) is 74.8 Å². The number of carbonyl (C=O) groups excluding carboxylic acids is 1. The van der Waals surface area contributed by atoms with Crippen molar-refractivity contribution in [1.29, 1.82) is 0 Å². The third-order valence-corrected chi connectivity index (χ3v) is 5.05. The summed E-state index contributed by atoms with van der Waals surface area (Å²) in [5.74, 6) is -0.109. The van der Waals surface area contributed by atoms with Crippen LogP contribution in [-0.2, 0) is 6.54 Å². The van der Waals surface area contributed by atoms with Crippen molar-refractivity contribution in [2.75, 3.05) is 7.05 Å². The zero-order chi connectivity index (χ0) is 18.8. The van der Waals surface area contributed by atoms with E-state index >= 15 is 0 Å². The molecule has 26 heavy (non-hydrogen) atoms. The van der Waals surface area contributed by atoms with Crippen molar-refractivity contribution < 1.29 is 4.79 Å². The Morgan fingerprint density at radius 2 is 1.92 bits per heavy atom. The van der Waals surface area contributed by atoms with E-state index in [0.29, 0.717) is 27.8 Å². The molecular weight excluding hydrogens is 346 g/mol. The molecule has 134 valence electrons. The van der Waals surface area contributed by atoms with E-state index in [0.717, 1.165) is 5.56 Å². The molecule has 0 saturated carbocycles. The molecule has 0 unspecified atom stereocenters. The fourth-order valence-corrected chi connectivity index (χ4v) is 3.33. The van der Waals surface area contributed by atoms with Crippen LogP contribution >= 0.6 is 12.2 Å². The molecule has 3 aromatic rings. The van der Waals surface area contributed by atoms with E-state index < -0.39 is 0 Å². The first-order valence-corrected chi connectivity index (χ1v) is 8.93. The van der Waals surface area contributed by atoms with Crippen LogP contribution in [0.25, 0.3) is 10.9 Å². The van der Waals surface area contributed by atoms with Crippen LogP contribution in [0, 0.1) is 4.77 Å². The molecule has 0 spiro atoms. The predicted octanol–water partition coefficient (Wildman–Crippen LogP) is 3.91. The monoisotopic (exact) mass is 367 g/mol. The molecule has 1 amide bonds. The van der Waals surface area contributed by atoms with Gasteiger partial charge in [0, 0.05) is 19.2 Å². The van der Waals surface area contributed by atoms with Gasteiger partial charge in [0.1, 0.15) is 0 Å². The first kappa shape index (κ1) is 18.1. The minimum Gasteiger partial charge on any atom is -0.335 e. The number of nitrogens with zero attached hydrogens (tertiary/aromatic N) is 2. The summed E-state index contributed by atoms with van der Waals surface area (Å²) in [5.41, 5.74) is 2.02. The second kappa shape index (κ2) is 7.25. The van der Waals surface area contributed by atoms with E-state index in [-0.39, 0.29) is 17.5 Å². The van der Waals surface area contributed by atoms with E-state index in [2.05, 4.69) is 4.98 Å².